The van der Waals surface area contributed by atoms with Crippen molar-refractivity contribution < 1.29 is 27.5 Å². The summed E-state index contributed by atoms with van der Waals surface area (Å²) >= 11 is -0.235. The molecule has 0 aromatic heterocycles. The number of urea groups is 1. The quantitative estimate of drug-likeness (QED) is 0.505. The highest BCUT2D eigenvalue weighted by molar-refractivity contribution is 8.00. The van der Waals surface area contributed by atoms with E-state index in [2.05, 4.69) is 10.6 Å². The lowest BCUT2D eigenvalue weighted by Gasteiger charge is -2.25. The summed E-state index contributed by atoms with van der Waals surface area (Å²) in [6, 6.07) is 3.77. The Morgan fingerprint density at radius 2 is 1.67 bits per heavy atom. The van der Waals surface area contributed by atoms with Crippen molar-refractivity contribution >= 4 is 29.4 Å². The average Bonchev–Trinajstić information content (AvgIpc) is 2.45. The van der Waals surface area contributed by atoms with E-state index in [1.807, 2.05) is 13.8 Å². The van der Waals surface area contributed by atoms with Crippen LogP contribution in [-0.2, 0) is 9.53 Å². The molecule has 0 saturated heterocycles. The number of nitrogens with one attached hydrogen (secondary N) is 2. The second-order valence-corrected chi connectivity index (χ2v) is 8.52. The van der Waals surface area contributed by atoms with E-state index < -0.39 is 29.2 Å². The fourth-order valence-electron chi connectivity index (χ4n) is 2.12. The van der Waals surface area contributed by atoms with Gasteiger partial charge in [0.15, 0.2) is 0 Å². The van der Waals surface area contributed by atoms with Gasteiger partial charge in [-0.1, -0.05) is 13.8 Å². The highest BCUT2D eigenvalue weighted by atomic mass is 32.2. The van der Waals surface area contributed by atoms with E-state index in [4.69, 9.17) is 4.74 Å². The average molecular weight is 406 g/mol. The topological polar surface area (TPSA) is 67.4 Å². The Balaban J connectivity index is 2.71. The summed E-state index contributed by atoms with van der Waals surface area (Å²) in [6.45, 7) is 9.02. The molecule has 0 radical (unpaired) electrons. The molecule has 0 aliphatic carbocycles. The van der Waals surface area contributed by atoms with Gasteiger partial charge in [-0.3, -0.25) is 0 Å². The normalized spacial score (nSPS) is 13.2. The molecule has 0 spiro atoms. The van der Waals surface area contributed by atoms with Crippen LogP contribution >= 0.6 is 11.8 Å². The summed E-state index contributed by atoms with van der Waals surface area (Å²) in [7, 11) is 0. The fraction of sp³-hybridized carbons (Fsp3) is 0.556. The van der Waals surface area contributed by atoms with Gasteiger partial charge in [-0.15, -0.1) is 0 Å². The van der Waals surface area contributed by atoms with E-state index in [9.17, 15) is 22.8 Å². The van der Waals surface area contributed by atoms with Crippen LogP contribution in [0.15, 0.2) is 29.2 Å². The van der Waals surface area contributed by atoms with Gasteiger partial charge in [-0.05, 0) is 69.1 Å². The number of esters is 1. The van der Waals surface area contributed by atoms with Crippen LogP contribution in [0.5, 0.6) is 0 Å². The SMILES string of the molecule is CC(C)C[C@H](NC(=O)Nc1ccc(SC(F)(F)F)cc1)C(=O)OC(C)(C)C. The standard InChI is InChI=1S/C18H25F3N2O3S/c1-11(2)10-14(15(24)26-17(3,4)5)23-16(25)22-12-6-8-13(9-7-12)27-18(19,20)21/h6-9,11,14H,10H2,1-5H3,(H2,22,23,25)/t14-/m0/s1. The number of halogens is 3. The zero-order valence-corrected chi connectivity index (χ0v) is 16.8. The van der Waals surface area contributed by atoms with Crippen molar-refractivity contribution in [2.24, 2.45) is 5.92 Å². The van der Waals surface area contributed by atoms with Gasteiger partial charge in [-0.25, -0.2) is 9.59 Å². The van der Waals surface area contributed by atoms with Crippen LogP contribution in [0, 0.1) is 5.92 Å². The summed E-state index contributed by atoms with van der Waals surface area (Å²) in [5.41, 5.74) is -4.74. The van der Waals surface area contributed by atoms with Crippen molar-refractivity contribution in [2.45, 2.75) is 63.1 Å². The molecule has 27 heavy (non-hydrogen) atoms. The second kappa shape index (κ2) is 9.34. The monoisotopic (exact) mass is 406 g/mol. The maximum Gasteiger partial charge on any atom is 0.446 e. The number of carbonyl (C=O) groups excluding carboxylic acids is 2. The van der Waals surface area contributed by atoms with E-state index in [1.165, 1.54) is 24.3 Å². The minimum Gasteiger partial charge on any atom is -0.458 e. The predicted octanol–water partition coefficient (Wildman–Crippen LogP) is 5.18. The Bertz CT molecular complexity index is 641. The molecule has 0 aliphatic heterocycles. The number of rotatable bonds is 6. The van der Waals surface area contributed by atoms with Gasteiger partial charge < -0.3 is 15.4 Å². The van der Waals surface area contributed by atoms with E-state index in [-0.39, 0.29) is 22.6 Å². The van der Waals surface area contributed by atoms with Crippen LogP contribution in [-0.4, -0.2) is 29.2 Å². The highest BCUT2D eigenvalue weighted by Gasteiger charge is 2.29. The zero-order chi connectivity index (χ0) is 20.8. The van der Waals surface area contributed by atoms with Crippen molar-refractivity contribution in [3.63, 3.8) is 0 Å². The largest absolute Gasteiger partial charge is 0.458 e. The predicted molar refractivity (Wildman–Crippen MR) is 99.6 cm³/mol. The smallest absolute Gasteiger partial charge is 0.446 e. The molecular weight excluding hydrogens is 381 g/mol. The summed E-state index contributed by atoms with van der Waals surface area (Å²) in [5, 5.41) is 5.07. The Hall–Kier alpha value is -1.90. The van der Waals surface area contributed by atoms with E-state index >= 15 is 0 Å². The van der Waals surface area contributed by atoms with Gasteiger partial charge >= 0.3 is 17.5 Å². The fourth-order valence-corrected chi connectivity index (χ4v) is 2.66. The first kappa shape index (κ1) is 23.1. The molecule has 5 nitrogen and oxygen atoms in total. The third kappa shape index (κ3) is 10.1. The first-order chi connectivity index (χ1) is 12.2. The van der Waals surface area contributed by atoms with Crippen molar-refractivity contribution in [1.82, 2.24) is 5.32 Å². The number of hydrogen-bond donors (Lipinski definition) is 2. The number of alkyl halides is 3. The lowest BCUT2D eigenvalue weighted by molar-refractivity contribution is -0.157. The van der Waals surface area contributed by atoms with Crippen LogP contribution in [0.25, 0.3) is 0 Å². The van der Waals surface area contributed by atoms with Crippen molar-refractivity contribution in [3.8, 4) is 0 Å². The molecule has 1 rings (SSSR count). The number of thioether (sulfide) groups is 1. The molecule has 1 aromatic carbocycles. The molecule has 2 amide bonds. The molecule has 0 bridgehead atoms. The maximum absolute atomic E-state index is 12.3. The molecule has 9 heteroatoms. The summed E-state index contributed by atoms with van der Waals surface area (Å²) < 4.78 is 42.3. The summed E-state index contributed by atoms with van der Waals surface area (Å²) in [5.74, 6) is -0.398. The number of hydrogen-bond acceptors (Lipinski definition) is 4. The molecule has 0 unspecified atom stereocenters. The van der Waals surface area contributed by atoms with Crippen LogP contribution in [0.3, 0.4) is 0 Å². The molecule has 0 saturated carbocycles. The third-order valence-electron chi connectivity index (χ3n) is 3.05. The molecule has 0 heterocycles. The number of benzene rings is 1. The number of anilines is 1. The van der Waals surface area contributed by atoms with Crippen molar-refractivity contribution in [2.75, 3.05) is 5.32 Å². The lowest BCUT2D eigenvalue weighted by Crippen LogP contribution is -2.46. The van der Waals surface area contributed by atoms with Gasteiger partial charge in [-0.2, -0.15) is 13.2 Å². The zero-order valence-electron chi connectivity index (χ0n) is 15.9. The molecule has 152 valence electrons. The van der Waals surface area contributed by atoms with Gasteiger partial charge in [0.05, 0.1) is 0 Å². The minimum absolute atomic E-state index is 0.0138. The third-order valence-corrected chi connectivity index (χ3v) is 3.79. The molecule has 1 aromatic rings. The minimum atomic E-state index is -4.37. The van der Waals surface area contributed by atoms with Gasteiger partial charge in [0, 0.05) is 10.6 Å². The Morgan fingerprint density at radius 1 is 1.11 bits per heavy atom. The first-order valence-electron chi connectivity index (χ1n) is 8.41. The molecule has 0 fully saturated rings. The van der Waals surface area contributed by atoms with Gasteiger partial charge in [0.1, 0.15) is 11.6 Å². The maximum atomic E-state index is 12.3. The van der Waals surface area contributed by atoms with Crippen LogP contribution in [0.4, 0.5) is 23.7 Å². The van der Waals surface area contributed by atoms with Crippen molar-refractivity contribution in [3.05, 3.63) is 24.3 Å². The molecule has 0 aliphatic rings. The molecular formula is C18H25F3N2O3S. The highest BCUT2D eigenvalue weighted by Crippen LogP contribution is 2.37. The number of carbonyl (C=O) groups is 2. The number of amides is 2. The first-order valence-corrected chi connectivity index (χ1v) is 9.23. The van der Waals surface area contributed by atoms with Crippen LogP contribution < -0.4 is 10.6 Å². The van der Waals surface area contributed by atoms with Crippen LogP contribution in [0.2, 0.25) is 0 Å². The van der Waals surface area contributed by atoms with E-state index in [1.54, 1.807) is 20.8 Å². The second-order valence-electron chi connectivity index (χ2n) is 7.39. The Kier molecular flexibility index (Phi) is 8.01. The van der Waals surface area contributed by atoms with Crippen molar-refractivity contribution in [1.29, 1.82) is 0 Å². The Morgan fingerprint density at radius 3 is 2.11 bits per heavy atom. The Labute approximate surface area is 161 Å². The van der Waals surface area contributed by atoms with E-state index in [0.29, 0.717) is 12.1 Å². The summed E-state index contributed by atoms with van der Waals surface area (Å²) in [6.07, 6.45) is 0.392. The molecule has 1 atom stereocenters. The van der Waals surface area contributed by atoms with Crippen LogP contribution in [0.1, 0.15) is 41.0 Å². The van der Waals surface area contributed by atoms with E-state index in [0.717, 1.165) is 0 Å². The lowest BCUT2D eigenvalue weighted by atomic mass is 10.0. The summed E-state index contributed by atoms with van der Waals surface area (Å²) in [4.78, 5) is 24.5. The van der Waals surface area contributed by atoms with Gasteiger partial charge in [0.25, 0.3) is 0 Å². The molecule has 2 N–H and O–H groups in total. The number of ether oxygens (including phenoxy) is 1. The van der Waals surface area contributed by atoms with Gasteiger partial charge in [0.2, 0.25) is 0 Å².